The molecule has 4 heteroatoms. The summed E-state index contributed by atoms with van der Waals surface area (Å²) in [6.45, 7) is 13.3. The summed E-state index contributed by atoms with van der Waals surface area (Å²) < 4.78 is 5.04. The molecule has 2 atom stereocenters. The normalized spacial score (nSPS) is 14.3. The molecule has 1 heterocycles. The van der Waals surface area contributed by atoms with Gasteiger partial charge in [-0.25, -0.2) is 9.97 Å². The van der Waals surface area contributed by atoms with E-state index in [1.54, 1.807) is 7.11 Å². The molecule has 1 N–H and O–H groups in total. The number of nitrogens with zero attached hydrogens (tertiary/aromatic N) is 2. The van der Waals surface area contributed by atoms with Gasteiger partial charge in [0.1, 0.15) is 5.82 Å². The lowest BCUT2D eigenvalue weighted by Gasteiger charge is -2.19. The molecule has 0 aliphatic carbocycles. The van der Waals surface area contributed by atoms with Crippen LogP contribution in [0.5, 0.6) is 0 Å². The van der Waals surface area contributed by atoms with Crippen LogP contribution in [0.15, 0.2) is 0 Å². The summed E-state index contributed by atoms with van der Waals surface area (Å²) in [4.78, 5) is 9.41. The number of aryl methyl sites for hydroxylation is 2. The first kappa shape index (κ1) is 17.1. The molecule has 0 saturated heterocycles. The van der Waals surface area contributed by atoms with Gasteiger partial charge in [0, 0.05) is 37.5 Å². The van der Waals surface area contributed by atoms with Crippen LogP contribution in [0.25, 0.3) is 0 Å². The number of nitrogens with one attached hydrogen (secondary N) is 1. The second-order valence-corrected chi connectivity index (χ2v) is 5.57. The van der Waals surface area contributed by atoms with Crippen LogP contribution in [-0.4, -0.2) is 36.8 Å². The number of aromatic nitrogens is 2. The van der Waals surface area contributed by atoms with Crippen molar-refractivity contribution < 1.29 is 4.74 Å². The Balaban J connectivity index is 2.79. The maximum absolute atomic E-state index is 5.04. The highest BCUT2D eigenvalue weighted by Gasteiger charge is 2.16. The highest BCUT2D eigenvalue weighted by atomic mass is 16.5. The summed E-state index contributed by atoms with van der Waals surface area (Å²) in [6.07, 6.45) is 1.08. The van der Waals surface area contributed by atoms with Crippen LogP contribution in [0.3, 0.4) is 0 Å². The van der Waals surface area contributed by atoms with Crippen LogP contribution in [-0.2, 0) is 4.74 Å². The smallest absolute Gasteiger partial charge is 0.131 e. The molecular weight excluding hydrogens is 250 g/mol. The Bertz CT molecular complexity index is 397. The van der Waals surface area contributed by atoms with E-state index in [2.05, 4.69) is 39.9 Å². The van der Waals surface area contributed by atoms with Crippen molar-refractivity contribution in [2.45, 2.75) is 52.9 Å². The maximum atomic E-state index is 5.04. The summed E-state index contributed by atoms with van der Waals surface area (Å²) in [5.41, 5.74) is 3.52. The van der Waals surface area contributed by atoms with E-state index < -0.39 is 0 Å². The van der Waals surface area contributed by atoms with Gasteiger partial charge < -0.3 is 10.1 Å². The molecule has 1 aromatic heterocycles. The van der Waals surface area contributed by atoms with Gasteiger partial charge in [0.15, 0.2) is 0 Å². The second-order valence-electron chi connectivity index (χ2n) is 5.57. The summed E-state index contributed by atoms with van der Waals surface area (Å²) in [5, 5.41) is 3.41. The van der Waals surface area contributed by atoms with Crippen LogP contribution < -0.4 is 5.32 Å². The van der Waals surface area contributed by atoms with Gasteiger partial charge in [-0.3, -0.25) is 0 Å². The largest absolute Gasteiger partial charge is 0.383 e. The third kappa shape index (κ3) is 4.53. The van der Waals surface area contributed by atoms with Gasteiger partial charge in [-0.1, -0.05) is 20.8 Å². The molecule has 0 aliphatic rings. The van der Waals surface area contributed by atoms with E-state index in [-0.39, 0.29) is 0 Å². The number of hydrogen-bond acceptors (Lipinski definition) is 4. The second kappa shape index (κ2) is 8.32. The van der Waals surface area contributed by atoms with Gasteiger partial charge in [0.2, 0.25) is 0 Å². The van der Waals surface area contributed by atoms with Crippen molar-refractivity contribution in [3.63, 3.8) is 0 Å². The molecule has 0 aliphatic heterocycles. The fourth-order valence-electron chi connectivity index (χ4n) is 2.46. The van der Waals surface area contributed by atoms with E-state index in [1.807, 2.05) is 0 Å². The molecule has 0 spiro atoms. The highest BCUT2D eigenvalue weighted by Crippen LogP contribution is 2.23. The average molecular weight is 279 g/mol. The number of rotatable bonds is 8. The van der Waals surface area contributed by atoms with Crippen LogP contribution in [0.2, 0.25) is 0 Å². The maximum Gasteiger partial charge on any atom is 0.131 e. The zero-order chi connectivity index (χ0) is 15.1. The predicted molar refractivity (Wildman–Crippen MR) is 83.4 cm³/mol. The molecule has 114 valence electrons. The Morgan fingerprint density at radius 3 is 2.20 bits per heavy atom. The number of ether oxygens (including phenoxy) is 1. The molecule has 0 fully saturated rings. The van der Waals surface area contributed by atoms with Crippen molar-refractivity contribution in [1.82, 2.24) is 15.3 Å². The predicted octanol–water partition coefficient (Wildman–Crippen LogP) is 2.95. The van der Waals surface area contributed by atoms with Crippen LogP contribution >= 0.6 is 0 Å². The molecule has 2 unspecified atom stereocenters. The number of hydrogen-bond donors (Lipinski definition) is 1. The molecule has 1 aromatic rings. The van der Waals surface area contributed by atoms with Crippen molar-refractivity contribution in [3.8, 4) is 0 Å². The quantitative estimate of drug-likeness (QED) is 0.743. The van der Waals surface area contributed by atoms with E-state index >= 15 is 0 Å². The van der Waals surface area contributed by atoms with E-state index in [0.29, 0.717) is 11.8 Å². The third-order valence-electron chi connectivity index (χ3n) is 3.82. The first-order chi connectivity index (χ1) is 9.51. The zero-order valence-electron chi connectivity index (χ0n) is 13.8. The summed E-state index contributed by atoms with van der Waals surface area (Å²) in [6, 6.07) is 0. The van der Waals surface area contributed by atoms with E-state index in [9.17, 15) is 0 Å². The van der Waals surface area contributed by atoms with Gasteiger partial charge in [-0.05, 0) is 31.7 Å². The standard InChI is InChI=1S/C16H29N3O/c1-7-11(2)16-18-13(4)15(14(5)19-16)12(3)10-17-8-9-20-6/h11-12,17H,7-10H2,1-6H3. The van der Waals surface area contributed by atoms with E-state index in [1.165, 1.54) is 5.56 Å². The Labute approximate surface area is 123 Å². The Morgan fingerprint density at radius 2 is 1.70 bits per heavy atom. The third-order valence-corrected chi connectivity index (χ3v) is 3.82. The van der Waals surface area contributed by atoms with Gasteiger partial charge in [-0.2, -0.15) is 0 Å². The minimum atomic E-state index is 0.415. The monoisotopic (exact) mass is 279 g/mol. The molecule has 0 amide bonds. The molecular formula is C16H29N3O. The Kier molecular flexibility index (Phi) is 7.10. The average Bonchev–Trinajstić information content (AvgIpc) is 2.41. The first-order valence-electron chi connectivity index (χ1n) is 7.55. The SMILES string of the molecule is CCC(C)c1nc(C)c(C(C)CNCCOC)c(C)n1. The number of methoxy groups -OCH3 is 1. The summed E-state index contributed by atoms with van der Waals surface area (Å²) >= 11 is 0. The van der Waals surface area contributed by atoms with Crippen molar-refractivity contribution >= 4 is 0 Å². The van der Waals surface area contributed by atoms with Crippen molar-refractivity contribution in [3.05, 3.63) is 22.8 Å². The van der Waals surface area contributed by atoms with Crippen molar-refractivity contribution in [1.29, 1.82) is 0 Å². The molecule has 4 nitrogen and oxygen atoms in total. The zero-order valence-corrected chi connectivity index (χ0v) is 13.8. The summed E-state index contributed by atoms with van der Waals surface area (Å²) in [7, 11) is 1.72. The Morgan fingerprint density at radius 1 is 1.10 bits per heavy atom. The molecule has 0 aromatic carbocycles. The van der Waals surface area contributed by atoms with E-state index in [4.69, 9.17) is 14.7 Å². The lowest BCUT2D eigenvalue weighted by molar-refractivity contribution is 0.199. The van der Waals surface area contributed by atoms with Gasteiger partial charge in [0.05, 0.1) is 6.61 Å². The van der Waals surface area contributed by atoms with E-state index in [0.717, 1.165) is 43.3 Å². The lowest BCUT2D eigenvalue weighted by atomic mass is 9.97. The molecule has 0 bridgehead atoms. The molecule has 20 heavy (non-hydrogen) atoms. The fraction of sp³-hybridized carbons (Fsp3) is 0.750. The van der Waals surface area contributed by atoms with Crippen LogP contribution in [0.4, 0.5) is 0 Å². The topological polar surface area (TPSA) is 47.0 Å². The lowest BCUT2D eigenvalue weighted by Crippen LogP contribution is -2.25. The molecule has 1 rings (SSSR count). The van der Waals surface area contributed by atoms with Gasteiger partial charge >= 0.3 is 0 Å². The van der Waals surface area contributed by atoms with Crippen molar-refractivity contribution in [2.24, 2.45) is 0 Å². The first-order valence-corrected chi connectivity index (χ1v) is 7.55. The molecule has 0 saturated carbocycles. The Hall–Kier alpha value is -1.00. The van der Waals surface area contributed by atoms with Gasteiger partial charge in [0.25, 0.3) is 0 Å². The van der Waals surface area contributed by atoms with Crippen LogP contribution in [0, 0.1) is 13.8 Å². The fourth-order valence-corrected chi connectivity index (χ4v) is 2.46. The highest BCUT2D eigenvalue weighted by molar-refractivity contribution is 5.28. The van der Waals surface area contributed by atoms with Crippen LogP contribution in [0.1, 0.15) is 61.8 Å². The minimum absolute atomic E-state index is 0.415. The molecule has 0 radical (unpaired) electrons. The summed E-state index contributed by atoms with van der Waals surface area (Å²) in [5.74, 6) is 1.82. The van der Waals surface area contributed by atoms with Gasteiger partial charge in [-0.15, -0.1) is 0 Å². The van der Waals surface area contributed by atoms with Crippen molar-refractivity contribution in [2.75, 3.05) is 26.8 Å². The minimum Gasteiger partial charge on any atom is -0.383 e.